The molecular weight excluding hydrogens is 419 g/mol. The van der Waals surface area contributed by atoms with Gasteiger partial charge in [-0.3, -0.25) is 14.5 Å². The van der Waals surface area contributed by atoms with Crippen LogP contribution in [0.25, 0.3) is 0 Å². The van der Waals surface area contributed by atoms with Gasteiger partial charge >= 0.3 is 0 Å². The molecule has 1 N–H and O–H groups in total. The number of nitrogens with zero attached hydrogens (tertiary/aromatic N) is 1. The minimum Gasteiger partial charge on any atom is -0.351 e. The third-order valence-corrected chi connectivity index (χ3v) is 7.08. The predicted octanol–water partition coefficient (Wildman–Crippen LogP) is 5.32. The van der Waals surface area contributed by atoms with Crippen molar-refractivity contribution in [3.63, 3.8) is 0 Å². The minimum atomic E-state index is -0.833. The summed E-state index contributed by atoms with van der Waals surface area (Å²) in [5.74, 6) is -0.890. The summed E-state index contributed by atoms with van der Waals surface area (Å²) in [4.78, 5) is 30.0. The molecule has 4 rings (SSSR count). The summed E-state index contributed by atoms with van der Waals surface area (Å²) in [6, 6.07) is 12.7. The number of halogens is 1. The van der Waals surface area contributed by atoms with Gasteiger partial charge in [0.25, 0.3) is 0 Å². The molecule has 2 amide bonds. The molecule has 0 radical (unpaired) electrons. The summed E-state index contributed by atoms with van der Waals surface area (Å²) in [5, 5.41) is 6.93. The van der Waals surface area contributed by atoms with Gasteiger partial charge in [0.1, 0.15) is 11.9 Å². The quantitative estimate of drug-likeness (QED) is 0.538. The lowest BCUT2D eigenvalue weighted by Gasteiger charge is -2.31. The van der Waals surface area contributed by atoms with E-state index in [0.717, 1.165) is 35.4 Å². The Kier molecular flexibility index (Phi) is 6.59. The van der Waals surface area contributed by atoms with Crippen molar-refractivity contribution in [1.29, 1.82) is 0 Å². The van der Waals surface area contributed by atoms with E-state index in [1.807, 2.05) is 35.0 Å². The summed E-state index contributed by atoms with van der Waals surface area (Å²) < 4.78 is 14.1. The number of nitrogens with one attached hydrogen (secondary N) is 1. The number of carbonyl (C=O) groups is 2. The lowest BCUT2D eigenvalue weighted by atomic mass is 10.1. The van der Waals surface area contributed by atoms with Crippen molar-refractivity contribution < 1.29 is 14.0 Å². The van der Waals surface area contributed by atoms with Crippen LogP contribution in [0.4, 0.5) is 10.1 Å². The van der Waals surface area contributed by atoms with Gasteiger partial charge in [0, 0.05) is 21.5 Å². The molecule has 30 heavy (non-hydrogen) atoms. The predicted molar refractivity (Wildman–Crippen MR) is 119 cm³/mol. The molecule has 156 valence electrons. The van der Waals surface area contributed by atoms with E-state index in [9.17, 15) is 14.0 Å². The number of thiophene rings is 2. The second-order valence-corrected chi connectivity index (χ2v) is 9.42. The number of carbonyl (C=O) groups excluding carboxylic acids is 2. The molecule has 0 spiro atoms. The van der Waals surface area contributed by atoms with Crippen LogP contribution in [0.3, 0.4) is 0 Å². The molecule has 1 atom stereocenters. The number of benzene rings is 1. The first-order valence-corrected chi connectivity index (χ1v) is 11.8. The summed E-state index contributed by atoms with van der Waals surface area (Å²) in [7, 11) is 0. The molecule has 7 heteroatoms. The van der Waals surface area contributed by atoms with Gasteiger partial charge < -0.3 is 5.32 Å². The first-order valence-electron chi connectivity index (χ1n) is 10.1. The van der Waals surface area contributed by atoms with Crippen molar-refractivity contribution in [1.82, 2.24) is 5.32 Å². The highest BCUT2D eigenvalue weighted by Gasteiger charge is 2.35. The average molecular weight is 443 g/mol. The second kappa shape index (κ2) is 9.53. The number of anilines is 1. The number of hydrogen-bond acceptors (Lipinski definition) is 4. The topological polar surface area (TPSA) is 49.4 Å². The van der Waals surface area contributed by atoms with Crippen LogP contribution >= 0.6 is 22.7 Å². The van der Waals surface area contributed by atoms with Crippen LogP contribution in [0.15, 0.2) is 59.3 Å². The summed E-state index contributed by atoms with van der Waals surface area (Å²) in [5.41, 5.74) is 0.386. The molecule has 1 aliphatic rings. The zero-order valence-electron chi connectivity index (χ0n) is 16.4. The van der Waals surface area contributed by atoms with Crippen molar-refractivity contribution in [3.8, 4) is 0 Å². The van der Waals surface area contributed by atoms with Gasteiger partial charge in [-0.15, -0.1) is 22.7 Å². The summed E-state index contributed by atoms with van der Waals surface area (Å²) in [6.07, 6.45) is 4.25. The Labute approximate surface area is 183 Å². The van der Waals surface area contributed by atoms with Gasteiger partial charge in [-0.2, -0.15) is 0 Å². The maximum atomic E-state index is 14.1. The van der Waals surface area contributed by atoms with Crippen LogP contribution < -0.4 is 10.2 Å². The molecule has 0 unspecified atom stereocenters. The maximum absolute atomic E-state index is 14.1. The van der Waals surface area contributed by atoms with E-state index in [1.165, 1.54) is 39.7 Å². The Morgan fingerprint density at radius 1 is 1.07 bits per heavy atom. The highest BCUT2D eigenvalue weighted by molar-refractivity contribution is 7.10. The Balaban J connectivity index is 1.71. The molecule has 2 heterocycles. The van der Waals surface area contributed by atoms with Gasteiger partial charge in [-0.25, -0.2) is 4.39 Å². The Bertz CT molecular complexity index is 983. The SMILES string of the molecule is O=C(NC1CCCC1)[C@H](c1cccs1)N(C(=O)Cc1cccs1)c1cccc(F)c1. The minimum absolute atomic E-state index is 0.127. The summed E-state index contributed by atoms with van der Waals surface area (Å²) in [6.45, 7) is 0. The molecule has 1 fully saturated rings. The van der Waals surface area contributed by atoms with Crippen molar-refractivity contribution in [3.05, 3.63) is 74.9 Å². The zero-order valence-corrected chi connectivity index (χ0v) is 18.1. The molecule has 2 aromatic heterocycles. The van der Waals surface area contributed by atoms with Crippen LogP contribution in [0.1, 0.15) is 41.5 Å². The van der Waals surface area contributed by atoms with Gasteiger partial charge in [-0.05, 0) is 53.9 Å². The second-order valence-electron chi connectivity index (χ2n) is 7.41. The van der Waals surface area contributed by atoms with E-state index in [2.05, 4.69) is 5.32 Å². The smallest absolute Gasteiger partial charge is 0.248 e. The van der Waals surface area contributed by atoms with Crippen molar-refractivity contribution in [2.75, 3.05) is 4.90 Å². The van der Waals surface area contributed by atoms with Crippen molar-refractivity contribution in [2.45, 2.75) is 44.2 Å². The fourth-order valence-corrected chi connectivity index (χ4v) is 5.39. The van der Waals surface area contributed by atoms with Crippen molar-refractivity contribution >= 4 is 40.2 Å². The third kappa shape index (κ3) is 4.79. The maximum Gasteiger partial charge on any atom is 0.248 e. The van der Waals surface area contributed by atoms with Crippen molar-refractivity contribution in [2.24, 2.45) is 0 Å². The molecule has 1 aliphatic carbocycles. The fourth-order valence-electron chi connectivity index (χ4n) is 3.88. The van der Waals surface area contributed by atoms with Gasteiger partial charge in [0.05, 0.1) is 6.42 Å². The highest BCUT2D eigenvalue weighted by atomic mass is 32.1. The molecular formula is C23H23FN2O2S2. The normalized spacial score (nSPS) is 15.1. The third-order valence-electron chi connectivity index (χ3n) is 5.28. The molecule has 4 nitrogen and oxygen atoms in total. The highest BCUT2D eigenvalue weighted by Crippen LogP contribution is 2.32. The Morgan fingerprint density at radius 2 is 1.83 bits per heavy atom. The monoisotopic (exact) mass is 442 g/mol. The lowest BCUT2D eigenvalue weighted by Crippen LogP contribution is -2.46. The molecule has 0 aliphatic heterocycles. The van der Waals surface area contributed by atoms with Crippen LogP contribution in [0, 0.1) is 5.82 Å². The number of rotatable bonds is 7. The molecule has 1 aromatic carbocycles. The van der Waals surface area contributed by atoms with Gasteiger partial charge in [0.2, 0.25) is 11.8 Å². The molecule has 0 saturated heterocycles. The first kappa shape index (κ1) is 20.8. The number of hydrogen-bond donors (Lipinski definition) is 1. The molecule has 0 bridgehead atoms. The number of amides is 2. The van der Waals surface area contributed by atoms with E-state index < -0.39 is 11.9 Å². The van der Waals surface area contributed by atoms with Gasteiger partial charge in [0.15, 0.2) is 0 Å². The Hall–Kier alpha value is -2.51. The summed E-state index contributed by atoms with van der Waals surface area (Å²) >= 11 is 2.92. The fraction of sp³-hybridized carbons (Fsp3) is 0.304. The largest absolute Gasteiger partial charge is 0.351 e. The van der Waals surface area contributed by atoms with Gasteiger partial charge in [-0.1, -0.05) is 31.0 Å². The average Bonchev–Trinajstić information content (AvgIpc) is 3.49. The first-order chi connectivity index (χ1) is 14.6. The van der Waals surface area contributed by atoms with E-state index in [1.54, 1.807) is 12.1 Å². The Morgan fingerprint density at radius 3 is 2.50 bits per heavy atom. The van der Waals surface area contributed by atoms with Crippen LogP contribution in [0.5, 0.6) is 0 Å². The van der Waals surface area contributed by atoms with E-state index in [-0.39, 0.29) is 24.3 Å². The van der Waals surface area contributed by atoms with Crippen LogP contribution in [0.2, 0.25) is 0 Å². The van der Waals surface area contributed by atoms with E-state index in [0.29, 0.717) is 5.69 Å². The van der Waals surface area contributed by atoms with E-state index >= 15 is 0 Å². The van der Waals surface area contributed by atoms with Crippen LogP contribution in [-0.4, -0.2) is 17.9 Å². The zero-order chi connectivity index (χ0) is 20.9. The standard InChI is InChI=1S/C23H23FN2O2S2/c24-16-6-3-9-18(14-16)26(21(27)15-19-10-4-12-29-19)22(20-11-5-13-30-20)23(28)25-17-7-1-2-8-17/h3-6,9-14,17,22H,1-2,7-8,15H2,(H,25,28)/t22-/m0/s1. The van der Waals surface area contributed by atoms with E-state index in [4.69, 9.17) is 0 Å². The van der Waals surface area contributed by atoms with Crippen LogP contribution in [-0.2, 0) is 16.0 Å². The lowest BCUT2D eigenvalue weighted by molar-refractivity contribution is -0.126. The molecule has 1 saturated carbocycles. The molecule has 3 aromatic rings.